The van der Waals surface area contributed by atoms with Crippen LogP contribution in [-0.4, -0.2) is 18.5 Å². The van der Waals surface area contributed by atoms with Crippen LogP contribution >= 0.6 is 23.2 Å². The van der Waals surface area contributed by atoms with Gasteiger partial charge in [-0.25, -0.2) is 4.79 Å². The van der Waals surface area contributed by atoms with Crippen LogP contribution in [0.2, 0.25) is 10.0 Å². The fraction of sp³-hybridized carbons (Fsp3) is 0.200. The number of primary amides is 1. The summed E-state index contributed by atoms with van der Waals surface area (Å²) in [6, 6.07) is 2.39. The summed E-state index contributed by atoms with van der Waals surface area (Å²) in [5.41, 5.74) is 6.14. The molecule has 0 atom stereocenters. The largest absolute Gasteiger partial charge is 0.375 e. The first-order chi connectivity index (χ1) is 7.90. The van der Waals surface area contributed by atoms with Gasteiger partial charge in [-0.3, -0.25) is 10.1 Å². The summed E-state index contributed by atoms with van der Waals surface area (Å²) in [4.78, 5) is 21.5. The number of benzene rings is 1. The quantitative estimate of drug-likeness (QED) is 0.788. The molecule has 4 N–H and O–H groups in total. The number of anilines is 1. The molecule has 0 aliphatic rings. The Kier molecular flexibility index (Phi) is 4.60. The predicted molar refractivity (Wildman–Crippen MR) is 67.4 cm³/mol. The number of nitrogens with one attached hydrogen (secondary N) is 2. The minimum Gasteiger partial charge on any atom is -0.375 e. The monoisotopic (exact) mass is 275 g/mol. The molecule has 7 heteroatoms. The van der Waals surface area contributed by atoms with Crippen molar-refractivity contribution in [3.05, 3.63) is 27.7 Å². The van der Waals surface area contributed by atoms with Crippen LogP contribution in [0.3, 0.4) is 0 Å². The normalized spacial score (nSPS) is 9.82. The highest BCUT2D eigenvalue weighted by atomic mass is 35.5. The van der Waals surface area contributed by atoms with E-state index >= 15 is 0 Å². The first kappa shape index (κ1) is 13.6. The third-order valence-corrected chi connectivity index (χ3v) is 2.67. The number of rotatable bonds is 3. The minimum absolute atomic E-state index is 0.123. The molecule has 0 aromatic heterocycles. The maximum Gasteiger partial charge on any atom is 0.318 e. The zero-order valence-electron chi connectivity index (χ0n) is 9.01. The highest BCUT2D eigenvalue weighted by Crippen LogP contribution is 2.28. The number of carbonyl (C=O) groups excluding carboxylic acids is 2. The van der Waals surface area contributed by atoms with E-state index < -0.39 is 11.9 Å². The molecule has 0 radical (unpaired) electrons. The first-order valence-corrected chi connectivity index (χ1v) is 5.44. The number of nitrogens with two attached hydrogens (primary N) is 1. The standard InChI is InChI=1S/C10H11Cl2N3O2/c1-5-2-7(12)8(3-6(5)11)14-4-9(16)15-10(13)17/h2-3,14H,4H2,1H3,(H3,13,15,16,17). The summed E-state index contributed by atoms with van der Waals surface area (Å²) in [5.74, 6) is -0.551. The summed E-state index contributed by atoms with van der Waals surface area (Å²) in [6.45, 7) is 1.69. The van der Waals surface area contributed by atoms with Crippen molar-refractivity contribution in [3.63, 3.8) is 0 Å². The zero-order valence-corrected chi connectivity index (χ0v) is 10.5. The van der Waals surface area contributed by atoms with Gasteiger partial charge >= 0.3 is 6.03 Å². The second-order valence-corrected chi connectivity index (χ2v) is 4.16. The average molecular weight is 276 g/mol. The lowest BCUT2D eigenvalue weighted by atomic mass is 10.2. The van der Waals surface area contributed by atoms with Gasteiger partial charge in [-0.2, -0.15) is 0 Å². The average Bonchev–Trinajstić information content (AvgIpc) is 2.20. The number of aryl methyl sites for hydroxylation is 1. The van der Waals surface area contributed by atoms with E-state index in [2.05, 4.69) is 5.32 Å². The smallest absolute Gasteiger partial charge is 0.318 e. The Morgan fingerprint density at radius 2 is 1.94 bits per heavy atom. The number of imide groups is 1. The van der Waals surface area contributed by atoms with Crippen LogP contribution in [0.25, 0.3) is 0 Å². The van der Waals surface area contributed by atoms with Gasteiger partial charge in [0.1, 0.15) is 0 Å². The van der Waals surface area contributed by atoms with E-state index in [0.29, 0.717) is 15.7 Å². The molecule has 5 nitrogen and oxygen atoms in total. The van der Waals surface area contributed by atoms with Crippen LogP contribution < -0.4 is 16.4 Å². The van der Waals surface area contributed by atoms with Crippen molar-refractivity contribution in [1.82, 2.24) is 5.32 Å². The van der Waals surface area contributed by atoms with Crippen LogP contribution in [0.1, 0.15) is 5.56 Å². The SMILES string of the molecule is Cc1cc(Cl)c(NCC(=O)NC(N)=O)cc1Cl. The Morgan fingerprint density at radius 1 is 1.29 bits per heavy atom. The van der Waals surface area contributed by atoms with Crippen molar-refractivity contribution < 1.29 is 9.59 Å². The Bertz CT molecular complexity index is 463. The molecule has 1 rings (SSSR count). The molecule has 0 spiro atoms. The van der Waals surface area contributed by atoms with Crippen molar-refractivity contribution in [1.29, 1.82) is 0 Å². The first-order valence-electron chi connectivity index (χ1n) is 4.69. The van der Waals surface area contributed by atoms with E-state index in [1.54, 1.807) is 12.1 Å². The molecular weight excluding hydrogens is 265 g/mol. The zero-order chi connectivity index (χ0) is 13.0. The van der Waals surface area contributed by atoms with E-state index in [1.807, 2.05) is 12.2 Å². The van der Waals surface area contributed by atoms with Crippen LogP contribution in [0.4, 0.5) is 10.5 Å². The second-order valence-electron chi connectivity index (χ2n) is 3.35. The van der Waals surface area contributed by atoms with Crippen molar-refractivity contribution >= 4 is 40.8 Å². The van der Waals surface area contributed by atoms with Crippen molar-refractivity contribution in [2.24, 2.45) is 5.73 Å². The van der Waals surface area contributed by atoms with Crippen LogP contribution in [0.15, 0.2) is 12.1 Å². The van der Waals surface area contributed by atoms with Gasteiger partial charge in [0, 0.05) is 5.02 Å². The van der Waals surface area contributed by atoms with Gasteiger partial charge in [-0.05, 0) is 24.6 Å². The molecule has 0 saturated carbocycles. The summed E-state index contributed by atoms with van der Waals surface area (Å²) in [7, 11) is 0. The number of hydrogen-bond donors (Lipinski definition) is 3. The Hall–Kier alpha value is -1.46. The van der Waals surface area contributed by atoms with Gasteiger partial charge < -0.3 is 11.1 Å². The molecule has 0 saturated heterocycles. The van der Waals surface area contributed by atoms with E-state index in [1.165, 1.54) is 0 Å². The summed E-state index contributed by atoms with van der Waals surface area (Å²) in [6.07, 6.45) is 0. The van der Waals surface area contributed by atoms with E-state index in [0.717, 1.165) is 5.56 Å². The number of halogens is 2. The number of amides is 3. The number of carbonyl (C=O) groups is 2. The van der Waals surface area contributed by atoms with E-state index in [-0.39, 0.29) is 6.54 Å². The van der Waals surface area contributed by atoms with Gasteiger partial charge in [0.25, 0.3) is 0 Å². The second kappa shape index (κ2) is 5.75. The van der Waals surface area contributed by atoms with E-state index in [9.17, 15) is 9.59 Å². The summed E-state index contributed by atoms with van der Waals surface area (Å²) >= 11 is 11.9. The third-order valence-electron chi connectivity index (χ3n) is 1.95. The summed E-state index contributed by atoms with van der Waals surface area (Å²) < 4.78 is 0. The molecule has 0 unspecified atom stereocenters. The molecule has 92 valence electrons. The van der Waals surface area contributed by atoms with Crippen molar-refractivity contribution in [3.8, 4) is 0 Å². The van der Waals surface area contributed by atoms with Gasteiger partial charge in [0.2, 0.25) is 5.91 Å². The Balaban J connectivity index is 2.66. The van der Waals surface area contributed by atoms with Crippen LogP contribution in [-0.2, 0) is 4.79 Å². The lowest BCUT2D eigenvalue weighted by Crippen LogP contribution is -2.38. The topological polar surface area (TPSA) is 84.2 Å². The molecule has 0 heterocycles. The molecule has 0 fully saturated rings. The lowest BCUT2D eigenvalue weighted by Gasteiger charge is -2.09. The van der Waals surface area contributed by atoms with Crippen molar-refractivity contribution in [2.75, 3.05) is 11.9 Å². The maximum atomic E-state index is 11.1. The van der Waals surface area contributed by atoms with Gasteiger partial charge in [0.05, 0.1) is 17.3 Å². The fourth-order valence-electron chi connectivity index (χ4n) is 1.14. The molecule has 0 aliphatic heterocycles. The van der Waals surface area contributed by atoms with Gasteiger partial charge in [0.15, 0.2) is 0 Å². The fourth-order valence-corrected chi connectivity index (χ4v) is 1.59. The van der Waals surface area contributed by atoms with E-state index in [4.69, 9.17) is 28.9 Å². The molecular formula is C10H11Cl2N3O2. The van der Waals surface area contributed by atoms with Crippen molar-refractivity contribution in [2.45, 2.75) is 6.92 Å². The molecule has 3 amide bonds. The van der Waals surface area contributed by atoms with Crippen LogP contribution in [0, 0.1) is 6.92 Å². The highest BCUT2D eigenvalue weighted by molar-refractivity contribution is 6.35. The Morgan fingerprint density at radius 3 is 2.53 bits per heavy atom. The lowest BCUT2D eigenvalue weighted by molar-refractivity contribution is -0.118. The highest BCUT2D eigenvalue weighted by Gasteiger charge is 2.07. The predicted octanol–water partition coefficient (Wildman–Crippen LogP) is 1.91. The Labute approximate surface area is 108 Å². The van der Waals surface area contributed by atoms with Gasteiger partial charge in [-0.1, -0.05) is 23.2 Å². The van der Waals surface area contributed by atoms with Crippen LogP contribution in [0.5, 0.6) is 0 Å². The maximum absolute atomic E-state index is 11.1. The molecule has 0 aliphatic carbocycles. The number of urea groups is 1. The summed E-state index contributed by atoms with van der Waals surface area (Å²) in [5, 5.41) is 5.65. The number of hydrogen-bond acceptors (Lipinski definition) is 3. The molecule has 0 bridgehead atoms. The molecule has 1 aromatic rings. The van der Waals surface area contributed by atoms with Gasteiger partial charge in [-0.15, -0.1) is 0 Å². The third kappa shape index (κ3) is 4.13. The minimum atomic E-state index is -0.898. The molecule has 17 heavy (non-hydrogen) atoms. The molecule has 1 aromatic carbocycles.